The Morgan fingerprint density at radius 2 is 2.22 bits per heavy atom. The van der Waals surface area contributed by atoms with Gasteiger partial charge in [-0.25, -0.2) is 4.79 Å². The van der Waals surface area contributed by atoms with Gasteiger partial charge < -0.3 is 9.84 Å². The molecule has 1 aliphatic heterocycles. The molecule has 1 aromatic carbocycles. The first kappa shape index (κ1) is 11.3. The normalized spacial score (nSPS) is 13.8. The Bertz CT molecular complexity index is 601. The number of carbonyl (C=O) groups is 1. The van der Waals surface area contributed by atoms with E-state index >= 15 is 0 Å². The van der Waals surface area contributed by atoms with E-state index in [0.29, 0.717) is 5.56 Å². The van der Waals surface area contributed by atoms with Gasteiger partial charge in [0.1, 0.15) is 5.75 Å². The number of benzene rings is 1. The van der Waals surface area contributed by atoms with Crippen molar-refractivity contribution in [2.24, 2.45) is 0 Å². The van der Waals surface area contributed by atoms with Gasteiger partial charge in [0.2, 0.25) is 0 Å². The van der Waals surface area contributed by atoms with Crippen molar-refractivity contribution in [1.82, 2.24) is 0 Å². The standard InChI is InChI=1S/C14H12O3S/c15-14(16)12-8-18-7-11(12)9-3-4-13-10(6-9)2-1-5-17-13/h3-4,6-8H,1-2,5H2,(H,15,16). The molecule has 0 amide bonds. The minimum Gasteiger partial charge on any atom is -0.493 e. The Balaban J connectivity index is 2.06. The number of aryl methyl sites for hydroxylation is 1. The highest BCUT2D eigenvalue weighted by Crippen LogP contribution is 2.33. The molecular formula is C14H12O3S. The van der Waals surface area contributed by atoms with Crippen LogP contribution in [0.3, 0.4) is 0 Å². The second-order valence-corrected chi connectivity index (χ2v) is 5.02. The van der Waals surface area contributed by atoms with Gasteiger partial charge in [-0.1, -0.05) is 6.07 Å². The summed E-state index contributed by atoms with van der Waals surface area (Å²) >= 11 is 1.41. The molecule has 1 N–H and O–H groups in total. The van der Waals surface area contributed by atoms with Gasteiger partial charge in [-0.3, -0.25) is 0 Å². The molecule has 0 spiro atoms. The van der Waals surface area contributed by atoms with E-state index in [9.17, 15) is 4.79 Å². The quantitative estimate of drug-likeness (QED) is 0.899. The number of hydrogen-bond acceptors (Lipinski definition) is 3. The van der Waals surface area contributed by atoms with Gasteiger partial charge in [-0.05, 0) is 41.5 Å². The molecule has 0 unspecified atom stereocenters. The predicted octanol–water partition coefficient (Wildman–Crippen LogP) is 3.44. The maximum absolute atomic E-state index is 11.1. The molecule has 2 heterocycles. The van der Waals surface area contributed by atoms with Gasteiger partial charge in [0.15, 0.2) is 0 Å². The van der Waals surface area contributed by atoms with Crippen LogP contribution >= 0.6 is 11.3 Å². The minimum absolute atomic E-state index is 0.372. The van der Waals surface area contributed by atoms with Crippen molar-refractivity contribution < 1.29 is 14.6 Å². The Morgan fingerprint density at radius 3 is 3.06 bits per heavy atom. The zero-order valence-electron chi connectivity index (χ0n) is 9.68. The van der Waals surface area contributed by atoms with Crippen LogP contribution in [0.4, 0.5) is 0 Å². The van der Waals surface area contributed by atoms with Crippen molar-refractivity contribution in [1.29, 1.82) is 0 Å². The lowest BCUT2D eigenvalue weighted by atomic mass is 9.98. The Labute approximate surface area is 109 Å². The molecule has 1 aromatic heterocycles. The van der Waals surface area contributed by atoms with Gasteiger partial charge in [0, 0.05) is 10.9 Å². The minimum atomic E-state index is -0.875. The molecule has 4 heteroatoms. The summed E-state index contributed by atoms with van der Waals surface area (Å²) in [6, 6.07) is 5.91. The van der Waals surface area contributed by atoms with E-state index in [1.165, 1.54) is 16.9 Å². The van der Waals surface area contributed by atoms with Crippen LogP contribution in [0, 0.1) is 0 Å². The van der Waals surface area contributed by atoms with E-state index in [1.807, 2.05) is 23.6 Å². The molecule has 0 fully saturated rings. The number of fused-ring (bicyclic) bond motifs is 1. The van der Waals surface area contributed by atoms with Crippen LogP contribution < -0.4 is 4.74 Å². The topological polar surface area (TPSA) is 46.5 Å². The van der Waals surface area contributed by atoms with Crippen molar-refractivity contribution in [3.63, 3.8) is 0 Å². The summed E-state index contributed by atoms with van der Waals surface area (Å²) in [5, 5.41) is 12.7. The Kier molecular flexibility index (Phi) is 2.80. The molecule has 92 valence electrons. The number of carboxylic acids is 1. The van der Waals surface area contributed by atoms with Crippen LogP contribution in [0.2, 0.25) is 0 Å². The molecule has 0 saturated carbocycles. The zero-order valence-corrected chi connectivity index (χ0v) is 10.5. The van der Waals surface area contributed by atoms with Crippen LogP contribution in [0.25, 0.3) is 11.1 Å². The van der Waals surface area contributed by atoms with Gasteiger partial charge in [0.25, 0.3) is 0 Å². The van der Waals surface area contributed by atoms with Gasteiger partial charge >= 0.3 is 5.97 Å². The molecule has 3 rings (SSSR count). The summed E-state index contributed by atoms with van der Waals surface area (Å²) < 4.78 is 5.56. The third kappa shape index (κ3) is 1.88. The Morgan fingerprint density at radius 1 is 1.33 bits per heavy atom. The molecule has 0 saturated heterocycles. The van der Waals surface area contributed by atoms with Gasteiger partial charge in [-0.15, -0.1) is 0 Å². The van der Waals surface area contributed by atoms with Gasteiger partial charge in [0.05, 0.1) is 12.2 Å². The highest BCUT2D eigenvalue weighted by atomic mass is 32.1. The molecule has 3 nitrogen and oxygen atoms in total. The molecular weight excluding hydrogens is 248 g/mol. The summed E-state index contributed by atoms with van der Waals surface area (Å²) in [5.41, 5.74) is 3.29. The third-order valence-corrected chi connectivity index (χ3v) is 3.86. The maximum atomic E-state index is 11.1. The van der Waals surface area contributed by atoms with Crippen molar-refractivity contribution in [3.8, 4) is 16.9 Å². The lowest BCUT2D eigenvalue weighted by Crippen LogP contribution is -2.08. The highest BCUT2D eigenvalue weighted by Gasteiger charge is 2.16. The molecule has 2 aromatic rings. The van der Waals surface area contributed by atoms with E-state index in [4.69, 9.17) is 9.84 Å². The van der Waals surface area contributed by atoms with Crippen LogP contribution in [0.15, 0.2) is 29.0 Å². The predicted molar refractivity (Wildman–Crippen MR) is 70.5 cm³/mol. The molecule has 1 aliphatic rings. The molecule has 0 radical (unpaired) electrons. The smallest absolute Gasteiger partial charge is 0.337 e. The number of carboxylic acid groups (broad SMARTS) is 1. The van der Waals surface area contributed by atoms with Gasteiger partial charge in [-0.2, -0.15) is 11.3 Å². The van der Waals surface area contributed by atoms with E-state index in [-0.39, 0.29) is 0 Å². The Hall–Kier alpha value is -1.81. The fourth-order valence-corrected chi connectivity index (χ4v) is 3.05. The summed E-state index contributed by atoms with van der Waals surface area (Å²) in [6.07, 6.45) is 2.02. The summed E-state index contributed by atoms with van der Waals surface area (Å²) in [6.45, 7) is 0.769. The van der Waals surface area contributed by atoms with Crippen molar-refractivity contribution in [3.05, 3.63) is 40.1 Å². The van der Waals surface area contributed by atoms with Crippen molar-refractivity contribution in [2.45, 2.75) is 12.8 Å². The number of thiophene rings is 1. The average molecular weight is 260 g/mol. The zero-order chi connectivity index (χ0) is 12.5. The maximum Gasteiger partial charge on any atom is 0.337 e. The van der Waals surface area contributed by atoms with Crippen LogP contribution in [0.1, 0.15) is 22.3 Å². The molecule has 0 atom stereocenters. The molecule has 18 heavy (non-hydrogen) atoms. The van der Waals surface area contributed by atoms with E-state index in [0.717, 1.165) is 36.3 Å². The second-order valence-electron chi connectivity index (χ2n) is 4.28. The third-order valence-electron chi connectivity index (χ3n) is 3.11. The first-order valence-corrected chi connectivity index (χ1v) is 6.75. The second kappa shape index (κ2) is 4.46. The van der Waals surface area contributed by atoms with Crippen molar-refractivity contribution >= 4 is 17.3 Å². The number of hydrogen-bond donors (Lipinski definition) is 1. The molecule has 0 bridgehead atoms. The van der Waals surface area contributed by atoms with E-state index < -0.39 is 5.97 Å². The monoisotopic (exact) mass is 260 g/mol. The van der Waals surface area contributed by atoms with Crippen molar-refractivity contribution in [2.75, 3.05) is 6.61 Å². The van der Waals surface area contributed by atoms with E-state index in [1.54, 1.807) is 5.38 Å². The fraction of sp³-hybridized carbons (Fsp3) is 0.214. The number of ether oxygens (including phenoxy) is 1. The average Bonchev–Trinajstić information content (AvgIpc) is 2.87. The largest absolute Gasteiger partial charge is 0.493 e. The summed E-state index contributed by atoms with van der Waals surface area (Å²) in [4.78, 5) is 11.1. The molecule has 0 aliphatic carbocycles. The van der Waals surface area contributed by atoms with Crippen LogP contribution in [-0.4, -0.2) is 17.7 Å². The SMILES string of the molecule is O=C(O)c1cscc1-c1ccc2c(c1)CCCO2. The first-order chi connectivity index (χ1) is 8.75. The summed E-state index contributed by atoms with van der Waals surface area (Å²) in [5.74, 6) is 0.0531. The summed E-state index contributed by atoms with van der Waals surface area (Å²) in [7, 11) is 0. The van der Waals surface area contributed by atoms with Crippen LogP contribution in [0.5, 0.6) is 5.75 Å². The number of rotatable bonds is 2. The lowest BCUT2D eigenvalue weighted by molar-refractivity contribution is 0.0698. The van der Waals surface area contributed by atoms with E-state index in [2.05, 4.69) is 0 Å². The lowest BCUT2D eigenvalue weighted by Gasteiger charge is -2.17. The van der Waals surface area contributed by atoms with Crippen LogP contribution in [-0.2, 0) is 6.42 Å². The fourth-order valence-electron chi connectivity index (χ4n) is 2.21. The first-order valence-electron chi connectivity index (χ1n) is 5.81. The number of aromatic carboxylic acids is 1. The highest BCUT2D eigenvalue weighted by molar-refractivity contribution is 7.08.